The van der Waals surface area contributed by atoms with Gasteiger partial charge in [-0.25, -0.2) is 4.18 Å². The third kappa shape index (κ3) is 23.8. The Balaban J connectivity index is 3.03. The number of ether oxygens (including phenoxy) is 1. The summed E-state index contributed by atoms with van der Waals surface area (Å²) in [5.74, 6) is 0. The van der Waals surface area contributed by atoms with Gasteiger partial charge in [0.2, 0.25) is 0 Å². The Kier molecular flexibility index (Phi) is 18.5. The molecule has 0 radical (unpaired) electrons. The fraction of sp³-hybridized carbons (Fsp3) is 1.00. The van der Waals surface area contributed by atoms with Gasteiger partial charge < -0.3 is 4.74 Å². The van der Waals surface area contributed by atoms with E-state index >= 15 is 0 Å². The third-order valence-corrected chi connectivity index (χ3v) is 4.77. The van der Waals surface area contributed by atoms with Crippen molar-refractivity contribution >= 4 is 10.4 Å². The second kappa shape index (κ2) is 18.6. The first-order valence-electron chi connectivity index (χ1n) is 10.3. The van der Waals surface area contributed by atoms with Crippen molar-refractivity contribution < 1.29 is 21.9 Å². The topological polar surface area (TPSA) is 72.8 Å². The molecule has 5 nitrogen and oxygen atoms in total. The molecule has 0 rings (SSSR count). The van der Waals surface area contributed by atoms with Gasteiger partial charge in [0.1, 0.15) is 0 Å². The molecule has 0 atom stereocenters. The molecule has 0 spiro atoms. The summed E-state index contributed by atoms with van der Waals surface area (Å²) in [7, 11) is -4.29. The van der Waals surface area contributed by atoms with Crippen molar-refractivity contribution in [2.45, 2.75) is 103 Å². The first-order chi connectivity index (χ1) is 12.1. The fourth-order valence-corrected chi connectivity index (χ4v) is 3.12. The van der Waals surface area contributed by atoms with Gasteiger partial charge in [-0.1, -0.05) is 84.0 Å². The van der Waals surface area contributed by atoms with E-state index in [4.69, 9.17) is 9.29 Å². The first-order valence-corrected chi connectivity index (χ1v) is 11.6. The molecule has 0 fully saturated rings. The van der Waals surface area contributed by atoms with Crippen LogP contribution in [-0.4, -0.2) is 32.8 Å². The van der Waals surface area contributed by atoms with E-state index in [0.717, 1.165) is 19.4 Å². The minimum absolute atomic E-state index is 0.0148. The van der Waals surface area contributed by atoms with Crippen LogP contribution < -0.4 is 0 Å². The number of hydrogen-bond donors (Lipinski definition) is 1. The van der Waals surface area contributed by atoms with Gasteiger partial charge in [-0.05, 0) is 19.3 Å². The molecule has 0 aromatic rings. The van der Waals surface area contributed by atoms with Gasteiger partial charge in [0.05, 0.1) is 6.61 Å². The summed E-state index contributed by atoms with van der Waals surface area (Å²) in [5, 5.41) is 0. The smallest absolute Gasteiger partial charge is 0.381 e. The highest BCUT2D eigenvalue weighted by Crippen LogP contribution is 2.12. The quantitative estimate of drug-likeness (QED) is 0.217. The summed E-state index contributed by atoms with van der Waals surface area (Å²) in [6.45, 7) is 3.67. The van der Waals surface area contributed by atoms with E-state index in [9.17, 15) is 8.42 Å². The molecule has 25 heavy (non-hydrogen) atoms. The van der Waals surface area contributed by atoms with Crippen molar-refractivity contribution in [2.75, 3.05) is 19.8 Å². The second-order valence-corrected chi connectivity index (χ2v) is 7.90. The molecule has 6 heteroatoms. The summed E-state index contributed by atoms with van der Waals surface area (Å²) in [4.78, 5) is 0. The molecule has 0 saturated carbocycles. The molecule has 0 unspecified atom stereocenters. The zero-order valence-electron chi connectivity index (χ0n) is 16.2. The summed E-state index contributed by atoms with van der Waals surface area (Å²) in [5.41, 5.74) is 0. The lowest BCUT2D eigenvalue weighted by molar-refractivity contribution is 0.122. The molecule has 152 valence electrons. The van der Waals surface area contributed by atoms with Gasteiger partial charge in [-0.3, -0.25) is 4.55 Å². The lowest BCUT2D eigenvalue weighted by atomic mass is 10.0. The average molecular weight is 381 g/mol. The van der Waals surface area contributed by atoms with Crippen LogP contribution in [0.15, 0.2) is 0 Å². The second-order valence-electron chi connectivity index (χ2n) is 6.81. The molecule has 0 heterocycles. The highest BCUT2D eigenvalue weighted by molar-refractivity contribution is 7.80. The lowest BCUT2D eigenvalue weighted by Gasteiger charge is -2.05. The lowest BCUT2D eigenvalue weighted by Crippen LogP contribution is -2.06. The minimum Gasteiger partial charge on any atom is -0.381 e. The molecule has 0 bridgehead atoms. The van der Waals surface area contributed by atoms with E-state index in [1.165, 1.54) is 77.0 Å². The van der Waals surface area contributed by atoms with Gasteiger partial charge in [0.15, 0.2) is 0 Å². The standard InChI is InChI=1S/C19H40O5S/c1-2-3-4-5-6-7-8-9-10-11-12-13-14-17-23-18-15-16-19-24-25(20,21)22/h2-19H2,1H3,(H,20,21,22). The van der Waals surface area contributed by atoms with Crippen LogP contribution in [0.5, 0.6) is 0 Å². The van der Waals surface area contributed by atoms with Crippen LogP contribution in [0.4, 0.5) is 0 Å². The van der Waals surface area contributed by atoms with Gasteiger partial charge in [-0.2, -0.15) is 8.42 Å². The minimum atomic E-state index is -4.29. The van der Waals surface area contributed by atoms with Crippen LogP contribution in [0, 0.1) is 0 Å². The predicted molar refractivity (Wildman–Crippen MR) is 103 cm³/mol. The number of hydrogen-bond acceptors (Lipinski definition) is 4. The Bertz CT molecular complexity index is 357. The van der Waals surface area contributed by atoms with E-state index in [1.54, 1.807) is 0 Å². The van der Waals surface area contributed by atoms with Crippen LogP contribution in [0.25, 0.3) is 0 Å². The molecule has 0 aromatic heterocycles. The van der Waals surface area contributed by atoms with Crippen LogP contribution in [0.1, 0.15) is 103 Å². The van der Waals surface area contributed by atoms with E-state index in [-0.39, 0.29) is 6.61 Å². The molecule has 0 aliphatic rings. The Morgan fingerprint density at radius 1 is 0.600 bits per heavy atom. The molecule has 0 saturated heterocycles. The maximum atomic E-state index is 10.3. The highest BCUT2D eigenvalue weighted by Gasteiger charge is 2.02. The maximum Gasteiger partial charge on any atom is 0.397 e. The zero-order chi connectivity index (χ0) is 18.6. The highest BCUT2D eigenvalue weighted by atomic mass is 32.3. The van der Waals surface area contributed by atoms with Crippen molar-refractivity contribution in [1.82, 2.24) is 0 Å². The average Bonchev–Trinajstić information content (AvgIpc) is 2.56. The van der Waals surface area contributed by atoms with Crippen molar-refractivity contribution in [2.24, 2.45) is 0 Å². The van der Waals surface area contributed by atoms with Crippen molar-refractivity contribution in [3.63, 3.8) is 0 Å². The molecule has 0 aliphatic heterocycles. The predicted octanol–water partition coefficient (Wildman–Crippen LogP) is 5.69. The maximum absolute atomic E-state index is 10.3. The van der Waals surface area contributed by atoms with Crippen LogP contribution in [-0.2, 0) is 19.3 Å². The monoisotopic (exact) mass is 380 g/mol. The van der Waals surface area contributed by atoms with E-state index in [1.807, 2.05) is 0 Å². The molecule has 0 amide bonds. The summed E-state index contributed by atoms with van der Waals surface area (Å²) in [6, 6.07) is 0. The SMILES string of the molecule is CCCCCCCCCCCCCCCOCCCCOS(=O)(=O)O. The van der Waals surface area contributed by atoms with Gasteiger partial charge in [0.25, 0.3) is 0 Å². The Morgan fingerprint density at radius 3 is 1.40 bits per heavy atom. The molecular formula is C19H40O5S. The molecule has 1 N–H and O–H groups in total. The summed E-state index contributed by atoms with van der Waals surface area (Å²) < 4.78 is 38.7. The molecular weight excluding hydrogens is 340 g/mol. The van der Waals surface area contributed by atoms with Gasteiger partial charge in [0, 0.05) is 13.2 Å². The zero-order valence-corrected chi connectivity index (χ0v) is 17.0. The fourth-order valence-electron chi connectivity index (χ4n) is 2.79. The van der Waals surface area contributed by atoms with Crippen LogP contribution >= 0.6 is 0 Å². The van der Waals surface area contributed by atoms with E-state index in [0.29, 0.717) is 13.0 Å². The van der Waals surface area contributed by atoms with Crippen LogP contribution in [0.2, 0.25) is 0 Å². The Labute approximate surface area is 155 Å². The van der Waals surface area contributed by atoms with Gasteiger partial charge >= 0.3 is 10.4 Å². The Hall–Kier alpha value is -0.170. The third-order valence-electron chi connectivity index (χ3n) is 4.31. The summed E-state index contributed by atoms with van der Waals surface area (Å²) >= 11 is 0. The van der Waals surface area contributed by atoms with E-state index < -0.39 is 10.4 Å². The van der Waals surface area contributed by atoms with Crippen LogP contribution in [0.3, 0.4) is 0 Å². The first kappa shape index (κ1) is 24.8. The molecule has 0 aliphatic carbocycles. The Morgan fingerprint density at radius 2 is 0.960 bits per heavy atom. The van der Waals surface area contributed by atoms with Crippen molar-refractivity contribution in [1.29, 1.82) is 0 Å². The van der Waals surface area contributed by atoms with Gasteiger partial charge in [-0.15, -0.1) is 0 Å². The van der Waals surface area contributed by atoms with E-state index in [2.05, 4.69) is 11.1 Å². The normalized spacial score (nSPS) is 11.9. The molecule has 0 aromatic carbocycles. The number of rotatable bonds is 20. The summed E-state index contributed by atoms with van der Waals surface area (Å²) in [6.07, 6.45) is 18.8. The number of unbranched alkanes of at least 4 members (excludes halogenated alkanes) is 13. The largest absolute Gasteiger partial charge is 0.397 e. The van der Waals surface area contributed by atoms with Crippen molar-refractivity contribution in [3.8, 4) is 0 Å². The van der Waals surface area contributed by atoms with Crippen molar-refractivity contribution in [3.05, 3.63) is 0 Å².